The van der Waals surface area contributed by atoms with Crippen LogP contribution in [0.4, 0.5) is 4.79 Å². The van der Waals surface area contributed by atoms with Crippen LogP contribution in [-0.4, -0.2) is 41.5 Å². The first-order chi connectivity index (χ1) is 9.96. The van der Waals surface area contributed by atoms with E-state index in [0.29, 0.717) is 11.7 Å². The van der Waals surface area contributed by atoms with Crippen molar-refractivity contribution < 1.29 is 14.6 Å². The zero-order chi connectivity index (χ0) is 15.8. The van der Waals surface area contributed by atoms with Crippen molar-refractivity contribution in [3.8, 4) is 0 Å². The van der Waals surface area contributed by atoms with Gasteiger partial charge in [0.2, 0.25) is 0 Å². The fourth-order valence-corrected chi connectivity index (χ4v) is 2.04. The highest BCUT2D eigenvalue weighted by Gasteiger charge is 2.31. The molecule has 118 valence electrons. The number of ether oxygens (including phenoxy) is 1. The van der Waals surface area contributed by atoms with Gasteiger partial charge in [-0.25, -0.2) is 10.2 Å². The van der Waals surface area contributed by atoms with Crippen LogP contribution in [0.2, 0.25) is 0 Å². The summed E-state index contributed by atoms with van der Waals surface area (Å²) >= 11 is 0. The summed E-state index contributed by atoms with van der Waals surface area (Å²) in [7, 11) is 1.31. The summed E-state index contributed by atoms with van der Waals surface area (Å²) in [6.07, 6.45) is 6.98. The van der Waals surface area contributed by atoms with Gasteiger partial charge < -0.3 is 14.9 Å². The first-order valence-corrected chi connectivity index (χ1v) is 7.01. The van der Waals surface area contributed by atoms with Crippen LogP contribution in [0.15, 0.2) is 37.2 Å². The molecule has 0 aromatic heterocycles. The summed E-state index contributed by atoms with van der Waals surface area (Å²) < 4.78 is 4.47. The third-order valence-electron chi connectivity index (χ3n) is 3.30. The Bertz CT molecular complexity index is 403. The number of rotatable bonds is 8. The number of carbonyl (C=O) groups is 1. The maximum atomic E-state index is 11.0. The van der Waals surface area contributed by atoms with E-state index in [1.54, 1.807) is 12.3 Å². The zero-order valence-electron chi connectivity index (χ0n) is 12.7. The third-order valence-corrected chi connectivity index (χ3v) is 3.30. The van der Waals surface area contributed by atoms with Crippen LogP contribution < -0.4 is 10.7 Å². The van der Waals surface area contributed by atoms with E-state index < -0.39 is 6.09 Å². The Balaban J connectivity index is 2.29. The molecule has 21 heavy (non-hydrogen) atoms. The minimum Gasteiger partial charge on any atom is -0.453 e. The molecule has 1 rings (SSSR count). The Hall–Kier alpha value is -1.79. The molecule has 0 unspecified atom stereocenters. The van der Waals surface area contributed by atoms with Crippen molar-refractivity contribution in [3.05, 3.63) is 37.2 Å². The number of nitrogens with one attached hydrogen (secondary N) is 2. The molecular formula is C15H25N3O3. The van der Waals surface area contributed by atoms with Crippen molar-refractivity contribution in [1.29, 1.82) is 0 Å². The summed E-state index contributed by atoms with van der Waals surface area (Å²) in [5.41, 5.74) is 3.81. The Morgan fingerprint density at radius 2 is 2.24 bits per heavy atom. The number of hydrogen-bond acceptors (Lipinski definition) is 5. The van der Waals surface area contributed by atoms with Gasteiger partial charge in [-0.2, -0.15) is 0 Å². The molecule has 1 amide bonds. The molecule has 6 nitrogen and oxygen atoms in total. The molecule has 0 spiro atoms. The smallest absolute Gasteiger partial charge is 0.411 e. The van der Waals surface area contributed by atoms with Crippen LogP contribution in [0.5, 0.6) is 0 Å². The van der Waals surface area contributed by atoms with Gasteiger partial charge in [0.05, 0.1) is 13.2 Å². The van der Waals surface area contributed by atoms with Crippen molar-refractivity contribution in [2.75, 3.05) is 7.11 Å². The maximum absolute atomic E-state index is 11.0. The van der Waals surface area contributed by atoms with Crippen LogP contribution in [0, 0.1) is 0 Å². The molecule has 0 aromatic rings. The number of aliphatic hydroxyl groups is 1. The highest BCUT2D eigenvalue weighted by molar-refractivity contribution is 5.69. The van der Waals surface area contributed by atoms with Crippen molar-refractivity contribution in [3.63, 3.8) is 0 Å². The molecule has 0 heterocycles. The van der Waals surface area contributed by atoms with Gasteiger partial charge in [-0.05, 0) is 32.3 Å². The van der Waals surface area contributed by atoms with Crippen LogP contribution in [0.25, 0.3) is 0 Å². The summed E-state index contributed by atoms with van der Waals surface area (Å²) in [6.45, 7) is 9.53. The molecule has 0 saturated heterocycles. The highest BCUT2D eigenvalue weighted by Crippen LogP contribution is 2.24. The second-order valence-electron chi connectivity index (χ2n) is 5.18. The normalized spacial score (nSPS) is 22.2. The van der Waals surface area contributed by atoms with Crippen molar-refractivity contribution in [2.45, 2.75) is 44.4 Å². The molecule has 3 N–H and O–H groups in total. The van der Waals surface area contributed by atoms with Gasteiger partial charge in [-0.3, -0.25) is 5.32 Å². The van der Waals surface area contributed by atoms with Crippen LogP contribution in [0.3, 0.4) is 0 Å². The van der Waals surface area contributed by atoms with E-state index in [2.05, 4.69) is 28.6 Å². The molecule has 1 saturated carbocycles. The number of carbonyl (C=O) groups excluding carboxylic acids is 1. The van der Waals surface area contributed by atoms with E-state index in [1.165, 1.54) is 7.11 Å². The number of alkyl carbamates (subject to hydrolysis) is 1. The van der Waals surface area contributed by atoms with Gasteiger partial charge in [0.1, 0.15) is 0 Å². The molecule has 1 aliphatic carbocycles. The lowest BCUT2D eigenvalue weighted by Gasteiger charge is -2.41. The lowest BCUT2D eigenvalue weighted by atomic mass is 9.89. The quantitative estimate of drug-likeness (QED) is 0.469. The standard InChI is InChI=1S/C15H25N3O3/c1-5-18(13-9-14(19)10-13)17-12(3)8-6-7-11(2)16-15(20)21-4/h5-7,12-14,17,19H,1-2,8-10H2,3-4H3,(H,16,20)/b7-6-/t12-,13?,14?/m0/s1. The second kappa shape index (κ2) is 8.49. The highest BCUT2D eigenvalue weighted by atomic mass is 16.5. The molecule has 1 atom stereocenters. The lowest BCUT2D eigenvalue weighted by Crippen LogP contribution is -2.52. The van der Waals surface area contributed by atoms with Crippen LogP contribution in [-0.2, 0) is 4.74 Å². The summed E-state index contributed by atoms with van der Waals surface area (Å²) in [5.74, 6) is 0. The summed E-state index contributed by atoms with van der Waals surface area (Å²) in [4.78, 5) is 11.0. The maximum Gasteiger partial charge on any atom is 0.411 e. The van der Waals surface area contributed by atoms with E-state index in [9.17, 15) is 9.90 Å². The molecule has 0 bridgehead atoms. The monoisotopic (exact) mass is 295 g/mol. The van der Waals surface area contributed by atoms with E-state index in [1.807, 2.05) is 18.0 Å². The van der Waals surface area contributed by atoms with E-state index in [0.717, 1.165) is 19.3 Å². The van der Waals surface area contributed by atoms with Gasteiger partial charge in [0, 0.05) is 24.0 Å². The Morgan fingerprint density at radius 3 is 2.76 bits per heavy atom. The Kier molecular flexibility index (Phi) is 6.98. The number of methoxy groups -OCH3 is 1. The third kappa shape index (κ3) is 6.01. The zero-order valence-corrected chi connectivity index (χ0v) is 12.7. The van der Waals surface area contributed by atoms with Crippen LogP contribution >= 0.6 is 0 Å². The molecular weight excluding hydrogens is 270 g/mol. The lowest BCUT2D eigenvalue weighted by molar-refractivity contribution is -0.00279. The molecule has 0 aromatic carbocycles. The number of amides is 1. The average molecular weight is 295 g/mol. The second-order valence-corrected chi connectivity index (χ2v) is 5.18. The largest absolute Gasteiger partial charge is 0.453 e. The number of allylic oxidation sites excluding steroid dienone is 1. The fraction of sp³-hybridized carbons (Fsp3) is 0.533. The predicted molar refractivity (Wildman–Crippen MR) is 82.1 cm³/mol. The molecule has 1 aliphatic rings. The van der Waals surface area contributed by atoms with Gasteiger partial charge >= 0.3 is 6.09 Å². The first-order valence-electron chi connectivity index (χ1n) is 7.01. The molecule has 6 heteroatoms. The Labute approximate surface area is 126 Å². The molecule has 0 radical (unpaired) electrons. The number of hydrazine groups is 1. The molecule has 1 fully saturated rings. The minimum atomic E-state index is -0.530. The predicted octanol–water partition coefficient (Wildman–Crippen LogP) is 1.66. The SMILES string of the molecule is C=CN(N[C@@H](C)C/C=C\C(=C)NC(=O)OC)C1CC(O)C1. The summed E-state index contributed by atoms with van der Waals surface area (Å²) in [6, 6.07) is 0.503. The number of hydrogen-bond donors (Lipinski definition) is 3. The number of nitrogens with zero attached hydrogens (tertiary/aromatic N) is 1. The van der Waals surface area contributed by atoms with Gasteiger partial charge in [-0.15, -0.1) is 0 Å². The van der Waals surface area contributed by atoms with Crippen LogP contribution in [0.1, 0.15) is 26.2 Å². The van der Waals surface area contributed by atoms with Crippen molar-refractivity contribution in [2.24, 2.45) is 0 Å². The first kappa shape index (κ1) is 17.3. The Morgan fingerprint density at radius 1 is 1.57 bits per heavy atom. The van der Waals surface area contributed by atoms with E-state index in [4.69, 9.17) is 0 Å². The van der Waals surface area contributed by atoms with E-state index in [-0.39, 0.29) is 12.1 Å². The topological polar surface area (TPSA) is 73.8 Å². The minimum absolute atomic E-state index is 0.192. The van der Waals surface area contributed by atoms with Gasteiger partial charge in [-0.1, -0.05) is 19.2 Å². The fourth-order valence-electron chi connectivity index (χ4n) is 2.04. The van der Waals surface area contributed by atoms with E-state index >= 15 is 0 Å². The molecule has 0 aliphatic heterocycles. The van der Waals surface area contributed by atoms with Gasteiger partial charge in [0.25, 0.3) is 0 Å². The van der Waals surface area contributed by atoms with Crippen molar-refractivity contribution in [1.82, 2.24) is 15.8 Å². The van der Waals surface area contributed by atoms with Gasteiger partial charge in [0.15, 0.2) is 0 Å². The number of aliphatic hydroxyl groups excluding tert-OH is 1. The average Bonchev–Trinajstić information content (AvgIpc) is 2.41. The van der Waals surface area contributed by atoms with Crippen molar-refractivity contribution >= 4 is 6.09 Å². The summed E-state index contributed by atoms with van der Waals surface area (Å²) in [5, 5.41) is 13.8.